The third-order valence-electron chi connectivity index (χ3n) is 4.11. The molecule has 2 aromatic rings. The minimum absolute atomic E-state index is 0.0948. The first-order valence-corrected chi connectivity index (χ1v) is 7.16. The fourth-order valence-corrected chi connectivity index (χ4v) is 2.68. The van der Waals surface area contributed by atoms with E-state index >= 15 is 0 Å². The van der Waals surface area contributed by atoms with Crippen LogP contribution in [0.1, 0.15) is 29.7 Å². The van der Waals surface area contributed by atoms with Gasteiger partial charge in [0.1, 0.15) is 0 Å². The summed E-state index contributed by atoms with van der Waals surface area (Å²) >= 11 is 0. The lowest BCUT2D eigenvalue weighted by Crippen LogP contribution is -2.50. The van der Waals surface area contributed by atoms with Gasteiger partial charge >= 0.3 is 0 Å². The van der Waals surface area contributed by atoms with Crippen molar-refractivity contribution in [2.24, 2.45) is 0 Å². The molecule has 2 unspecified atom stereocenters. The summed E-state index contributed by atoms with van der Waals surface area (Å²) in [6.45, 7) is 5.84. The Morgan fingerprint density at radius 3 is 2.35 bits per heavy atom. The maximum Gasteiger partial charge on any atom is 0.0950 e. The zero-order valence-corrected chi connectivity index (χ0v) is 12.1. The van der Waals surface area contributed by atoms with E-state index in [1.54, 1.807) is 0 Å². The van der Waals surface area contributed by atoms with E-state index in [2.05, 4.69) is 67.7 Å². The highest BCUT2D eigenvalue weighted by molar-refractivity contribution is 5.27. The Hall–Kier alpha value is -1.64. The van der Waals surface area contributed by atoms with E-state index in [4.69, 9.17) is 4.74 Å². The van der Waals surface area contributed by atoms with Crippen molar-refractivity contribution in [2.75, 3.05) is 13.2 Å². The number of morpholine rings is 1. The molecule has 20 heavy (non-hydrogen) atoms. The van der Waals surface area contributed by atoms with Gasteiger partial charge in [-0.3, -0.25) is 0 Å². The Kier molecular flexibility index (Phi) is 3.60. The first-order valence-electron chi connectivity index (χ1n) is 7.16. The molecule has 2 atom stereocenters. The second-order valence-electron chi connectivity index (χ2n) is 5.79. The zero-order chi connectivity index (χ0) is 14.0. The van der Waals surface area contributed by atoms with Gasteiger partial charge in [-0.2, -0.15) is 0 Å². The van der Waals surface area contributed by atoms with Crippen LogP contribution in [0.2, 0.25) is 0 Å². The first kappa shape index (κ1) is 13.3. The monoisotopic (exact) mass is 267 g/mol. The van der Waals surface area contributed by atoms with Crippen molar-refractivity contribution >= 4 is 0 Å². The van der Waals surface area contributed by atoms with Crippen molar-refractivity contribution in [3.8, 4) is 0 Å². The van der Waals surface area contributed by atoms with Crippen LogP contribution >= 0.6 is 0 Å². The molecule has 0 saturated carbocycles. The molecular formula is C18H21NO. The van der Waals surface area contributed by atoms with E-state index in [1.807, 2.05) is 6.07 Å². The molecule has 0 aliphatic carbocycles. The SMILES string of the molecule is Cc1ccc(C2CNC(C)(c3ccccc3)CO2)cc1. The van der Waals surface area contributed by atoms with Crippen LogP contribution in [0.3, 0.4) is 0 Å². The highest BCUT2D eigenvalue weighted by atomic mass is 16.5. The van der Waals surface area contributed by atoms with E-state index < -0.39 is 0 Å². The number of benzene rings is 2. The number of ether oxygens (including phenoxy) is 1. The third kappa shape index (κ3) is 2.62. The summed E-state index contributed by atoms with van der Waals surface area (Å²) in [4.78, 5) is 0. The van der Waals surface area contributed by atoms with Crippen LogP contribution in [0.5, 0.6) is 0 Å². The molecule has 1 aliphatic heterocycles. The molecule has 1 saturated heterocycles. The molecule has 1 heterocycles. The van der Waals surface area contributed by atoms with E-state index in [0.29, 0.717) is 6.61 Å². The third-order valence-corrected chi connectivity index (χ3v) is 4.11. The number of hydrogen-bond acceptors (Lipinski definition) is 2. The van der Waals surface area contributed by atoms with Crippen LogP contribution in [0.4, 0.5) is 0 Å². The van der Waals surface area contributed by atoms with E-state index in [-0.39, 0.29) is 11.6 Å². The lowest BCUT2D eigenvalue weighted by Gasteiger charge is -2.39. The zero-order valence-electron chi connectivity index (χ0n) is 12.1. The van der Waals surface area contributed by atoms with Gasteiger partial charge in [-0.1, -0.05) is 60.2 Å². The Morgan fingerprint density at radius 1 is 1.05 bits per heavy atom. The van der Waals surface area contributed by atoms with Gasteiger partial charge in [0.2, 0.25) is 0 Å². The number of nitrogens with one attached hydrogen (secondary N) is 1. The van der Waals surface area contributed by atoms with Gasteiger partial charge in [0.05, 0.1) is 18.2 Å². The predicted octanol–water partition coefficient (Wildman–Crippen LogP) is 3.57. The summed E-state index contributed by atoms with van der Waals surface area (Å²) < 4.78 is 6.11. The van der Waals surface area contributed by atoms with Gasteiger partial charge in [-0.25, -0.2) is 0 Å². The molecule has 3 rings (SSSR count). The molecule has 1 N–H and O–H groups in total. The highest BCUT2D eigenvalue weighted by Gasteiger charge is 2.33. The minimum atomic E-state index is -0.0948. The first-order chi connectivity index (χ1) is 9.67. The van der Waals surface area contributed by atoms with Gasteiger partial charge in [-0.15, -0.1) is 0 Å². The lowest BCUT2D eigenvalue weighted by atomic mass is 9.90. The summed E-state index contributed by atoms with van der Waals surface area (Å²) in [6.07, 6.45) is 0.146. The van der Waals surface area contributed by atoms with Crippen LogP contribution in [-0.2, 0) is 10.3 Å². The van der Waals surface area contributed by atoms with Crippen LogP contribution in [0.25, 0.3) is 0 Å². The molecule has 0 radical (unpaired) electrons. The van der Waals surface area contributed by atoms with Gasteiger partial charge in [0.15, 0.2) is 0 Å². The molecule has 0 amide bonds. The van der Waals surface area contributed by atoms with Gasteiger partial charge in [0.25, 0.3) is 0 Å². The molecule has 1 aliphatic rings. The molecule has 2 heteroatoms. The number of hydrogen-bond donors (Lipinski definition) is 1. The Morgan fingerprint density at radius 2 is 1.75 bits per heavy atom. The van der Waals surface area contributed by atoms with Crippen molar-refractivity contribution in [1.82, 2.24) is 5.32 Å². The van der Waals surface area contributed by atoms with Crippen molar-refractivity contribution < 1.29 is 4.74 Å². The van der Waals surface area contributed by atoms with Crippen LogP contribution in [0, 0.1) is 6.92 Å². The quantitative estimate of drug-likeness (QED) is 0.898. The van der Waals surface area contributed by atoms with Crippen molar-refractivity contribution in [3.63, 3.8) is 0 Å². The Balaban J connectivity index is 1.72. The number of aryl methyl sites for hydroxylation is 1. The fourth-order valence-electron chi connectivity index (χ4n) is 2.68. The smallest absolute Gasteiger partial charge is 0.0950 e. The van der Waals surface area contributed by atoms with Crippen LogP contribution < -0.4 is 5.32 Å². The lowest BCUT2D eigenvalue weighted by molar-refractivity contribution is -0.0307. The van der Waals surface area contributed by atoms with Crippen LogP contribution in [0.15, 0.2) is 54.6 Å². The van der Waals surface area contributed by atoms with E-state index in [0.717, 1.165) is 6.54 Å². The molecule has 0 aromatic heterocycles. The molecule has 0 bridgehead atoms. The molecule has 2 nitrogen and oxygen atoms in total. The summed E-state index contributed by atoms with van der Waals surface area (Å²) in [5.41, 5.74) is 3.72. The largest absolute Gasteiger partial charge is 0.370 e. The van der Waals surface area contributed by atoms with Crippen molar-refractivity contribution in [3.05, 3.63) is 71.3 Å². The van der Waals surface area contributed by atoms with Gasteiger partial charge in [-0.05, 0) is 25.0 Å². The molecule has 104 valence electrons. The maximum absolute atomic E-state index is 6.11. The molecule has 2 aromatic carbocycles. The summed E-state index contributed by atoms with van der Waals surface area (Å²) in [6, 6.07) is 19.1. The van der Waals surface area contributed by atoms with Gasteiger partial charge < -0.3 is 10.1 Å². The second-order valence-corrected chi connectivity index (χ2v) is 5.79. The average molecular weight is 267 g/mol. The molecule has 0 spiro atoms. The second kappa shape index (κ2) is 5.39. The van der Waals surface area contributed by atoms with Crippen LogP contribution in [-0.4, -0.2) is 13.2 Å². The minimum Gasteiger partial charge on any atom is -0.370 e. The standard InChI is InChI=1S/C18H21NO/c1-14-8-10-15(11-9-14)17-12-19-18(2,13-20-17)16-6-4-3-5-7-16/h3-11,17,19H,12-13H2,1-2H3. The normalized spacial score (nSPS) is 26.4. The molecule has 1 fully saturated rings. The summed E-state index contributed by atoms with van der Waals surface area (Å²) in [5, 5.41) is 3.65. The average Bonchev–Trinajstić information content (AvgIpc) is 2.50. The topological polar surface area (TPSA) is 21.3 Å². The van der Waals surface area contributed by atoms with Gasteiger partial charge in [0, 0.05) is 6.54 Å². The van der Waals surface area contributed by atoms with E-state index in [9.17, 15) is 0 Å². The fraction of sp³-hybridized carbons (Fsp3) is 0.333. The number of rotatable bonds is 2. The van der Waals surface area contributed by atoms with Crippen molar-refractivity contribution in [1.29, 1.82) is 0 Å². The highest BCUT2D eigenvalue weighted by Crippen LogP contribution is 2.29. The van der Waals surface area contributed by atoms with Crippen molar-refractivity contribution in [2.45, 2.75) is 25.5 Å². The Labute approximate surface area is 120 Å². The summed E-state index contributed by atoms with van der Waals surface area (Å²) in [7, 11) is 0. The van der Waals surface area contributed by atoms with E-state index in [1.165, 1.54) is 16.7 Å². The summed E-state index contributed by atoms with van der Waals surface area (Å²) in [5.74, 6) is 0. The predicted molar refractivity (Wildman–Crippen MR) is 81.7 cm³/mol. The molecular weight excluding hydrogens is 246 g/mol. The Bertz CT molecular complexity index is 554. The maximum atomic E-state index is 6.11.